The number of nitrogens with zero attached hydrogens (tertiary/aromatic N) is 3. The van der Waals surface area contributed by atoms with Crippen LogP contribution < -0.4 is 10.9 Å². The number of hydrogen-bond donors (Lipinski definition) is 1. The number of hydrogen-bond acceptors (Lipinski definition) is 4. The van der Waals surface area contributed by atoms with Crippen molar-refractivity contribution in [3.8, 4) is 5.69 Å². The Bertz CT molecular complexity index is 1270. The van der Waals surface area contributed by atoms with Crippen LogP contribution in [0.4, 0.5) is 5.82 Å². The topological polar surface area (TPSA) is 59.8 Å². The summed E-state index contributed by atoms with van der Waals surface area (Å²) in [7, 11) is 0. The smallest absolute Gasteiger partial charge is 0.264 e. The molecular formula is C24H23ClN4O. The van der Waals surface area contributed by atoms with Gasteiger partial charge in [0.1, 0.15) is 11.6 Å². The number of nitrogens with one attached hydrogen (secondary N) is 1. The van der Waals surface area contributed by atoms with E-state index >= 15 is 0 Å². The van der Waals surface area contributed by atoms with E-state index in [2.05, 4.69) is 15.3 Å². The molecule has 2 heterocycles. The van der Waals surface area contributed by atoms with Crippen LogP contribution in [0.3, 0.4) is 0 Å². The molecule has 0 aliphatic rings. The first kappa shape index (κ1) is 20.1. The number of benzene rings is 2. The molecule has 5 nitrogen and oxygen atoms in total. The minimum absolute atomic E-state index is 0.137. The van der Waals surface area contributed by atoms with E-state index in [4.69, 9.17) is 11.6 Å². The first-order valence-corrected chi connectivity index (χ1v) is 10.4. The highest BCUT2D eigenvalue weighted by atomic mass is 35.5. The highest BCUT2D eigenvalue weighted by Gasteiger charge is 2.18. The Labute approximate surface area is 180 Å². The summed E-state index contributed by atoms with van der Waals surface area (Å²) in [6.45, 7) is 6.02. The summed E-state index contributed by atoms with van der Waals surface area (Å²) in [6.07, 6.45) is 2.58. The zero-order valence-electron chi connectivity index (χ0n) is 17.2. The quantitative estimate of drug-likeness (QED) is 0.466. The van der Waals surface area contributed by atoms with Gasteiger partial charge in [-0.2, -0.15) is 0 Å². The van der Waals surface area contributed by atoms with E-state index in [1.807, 2.05) is 75.5 Å². The largest absolute Gasteiger partial charge is 0.362 e. The summed E-state index contributed by atoms with van der Waals surface area (Å²) in [6, 6.07) is 17.0. The van der Waals surface area contributed by atoms with Crippen LogP contribution in [-0.4, -0.2) is 14.5 Å². The fourth-order valence-corrected chi connectivity index (χ4v) is 3.84. The van der Waals surface area contributed by atoms with Gasteiger partial charge in [0.2, 0.25) is 0 Å². The molecule has 0 radical (unpaired) electrons. The lowest BCUT2D eigenvalue weighted by atomic mass is 10.1. The van der Waals surface area contributed by atoms with Crippen LogP contribution in [0.1, 0.15) is 37.0 Å². The van der Waals surface area contributed by atoms with Crippen molar-refractivity contribution in [2.45, 2.75) is 33.2 Å². The van der Waals surface area contributed by atoms with Gasteiger partial charge in [0.25, 0.3) is 5.56 Å². The molecule has 6 heteroatoms. The van der Waals surface area contributed by atoms with E-state index < -0.39 is 0 Å². The molecule has 30 heavy (non-hydrogen) atoms. The first-order chi connectivity index (χ1) is 14.5. The molecule has 4 rings (SSSR count). The molecule has 0 spiro atoms. The van der Waals surface area contributed by atoms with Gasteiger partial charge in [0.05, 0.1) is 16.5 Å². The predicted molar refractivity (Wildman–Crippen MR) is 123 cm³/mol. The van der Waals surface area contributed by atoms with Gasteiger partial charge in [-0.05, 0) is 43.5 Å². The third-order valence-corrected chi connectivity index (χ3v) is 5.49. The SMILES string of the molecule is CCc1ncc(C)c(N[C@@H](C)c2cc3cccc(Cl)c3c(=O)n2-c2ccccc2)n1. The molecule has 1 N–H and O–H groups in total. The summed E-state index contributed by atoms with van der Waals surface area (Å²) in [5, 5.41) is 5.26. The van der Waals surface area contributed by atoms with Crippen LogP contribution in [0.5, 0.6) is 0 Å². The van der Waals surface area contributed by atoms with Crippen molar-refractivity contribution in [3.05, 3.63) is 93.3 Å². The van der Waals surface area contributed by atoms with Gasteiger partial charge >= 0.3 is 0 Å². The van der Waals surface area contributed by atoms with Gasteiger partial charge in [-0.3, -0.25) is 9.36 Å². The lowest BCUT2D eigenvalue weighted by molar-refractivity contribution is 0.768. The molecule has 0 unspecified atom stereocenters. The second kappa shape index (κ2) is 8.28. The van der Waals surface area contributed by atoms with Gasteiger partial charge in [-0.1, -0.05) is 48.9 Å². The third kappa shape index (κ3) is 3.68. The molecule has 2 aromatic heterocycles. The van der Waals surface area contributed by atoms with E-state index in [0.717, 1.165) is 40.4 Å². The van der Waals surface area contributed by atoms with E-state index in [9.17, 15) is 4.79 Å². The fourth-order valence-electron chi connectivity index (χ4n) is 3.58. The second-order valence-electron chi connectivity index (χ2n) is 7.29. The summed E-state index contributed by atoms with van der Waals surface area (Å²) >= 11 is 6.39. The van der Waals surface area contributed by atoms with Gasteiger partial charge in [-0.25, -0.2) is 9.97 Å². The number of rotatable bonds is 5. The highest BCUT2D eigenvalue weighted by molar-refractivity contribution is 6.35. The van der Waals surface area contributed by atoms with Crippen LogP contribution >= 0.6 is 11.6 Å². The Morgan fingerprint density at radius 2 is 1.90 bits per heavy atom. The molecule has 0 fully saturated rings. The third-order valence-electron chi connectivity index (χ3n) is 5.17. The standard InChI is InChI=1S/C24H23ClN4O/c1-4-21-26-14-15(2)23(28-21)27-16(3)20-13-17-9-8-12-19(25)22(17)24(30)29(20)18-10-6-5-7-11-18/h5-14,16H,4H2,1-3H3,(H,26,27,28)/t16-/m0/s1. The molecule has 152 valence electrons. The second-order valence-corrected chi connectivity index (χ2v) is 7.69. The summed E-state index contributed by atoms with van der Waals surface area (Å²) < 4.78 is 1.73. The number of halogens is 1. The maximum atomic E-state index is 13.5. The number of fused-ring (bicyclic) bond motifs is 1. The van der Waals surface area contributed by atoms with Crippen LogP contribution in [0, 0.1) is 6.92 Å². The highest BCUT2D eigenvalue weighted by Crippen LogP contribution is 2.27. The minimum Gasteiger partial charge on any atom is -0.362 e. The average Bonchev–Trinajstić information content (AvgIpc) is 2.75. The van der Waals surface area contributed by atoms with Crippen LogP contribution in [-0.2, 0) is 6.42 Å². The lowest BCUT2D eigenvalue weighted by Crippen LogP contribution is -2.26. The number of anilines is 1. The normalized spacial score (nSPS) is 12.1. The summed E-state index contributed by atoms with van der Waals surface area (Å²) in [5.74, 6) is 1.55. The molecule has 4 aromatic rings. The van der Waals surface area contributed by atoms with Crippen LogP contribution in [0.25, 0.3) is 16.5 Å². The Morgan fingerprint density at radius 3 is 2.63 bits per heavy atom. The number of aromatic nitrogens is 3. The Kier molecular flexibility index (Phi) is 5.55. The monoisotopic (exact) mass is 418 g/mol. The molecular weight excluding hydrogens is 396 g/mol. The molecule has 0 saturated carbocycles. The Hall–Kier alpha value is -3.18. The van der Waals surface area contributed by atoms with Gasteiger partial charge in [0.15, 0.2) is 0 Å². The summed E-state index contributed by atoms with van der Waals surface area (Å²) in [5.41, 5.74) is 2.44. The van der Waals surface area contributed by atoms with E-state index in [1.54, 1.807) is 10.6 Å². The molecule has 0 bridgehead atoms. The zero-order valence-corrected chi connectivity index (χ0v) is 17.9. The Morgan fingerprint density at radius 1 is 1.13 bits per heavy atom. The van der Waals surface area contributed by atoms with Crippen molar-refractivity contribution >= 4 is 28.2 Å². The maximum absolute atomic E-state index is 13.5. The number of aryl methyl sites for hydroxylation is 2. The predicted octanol–water partition coefficient (Wildman–Crippen LogP) is 5.48. The molecule has 2 aromatic carbocycles. The van der Waals surface area contributed by atoms with Gasteiger partial charge in [0, 0.05) is 29.6 Å². The van der Waals surface area contributed by atoms with Crippen molar-refractivity contribution in [3.63, 3.8) is 0 Å². The molecule has 0 aliphatic heterocycles. The molecule has 0 aliphatic carbocycles. The molecule has 0 amide bonds. The van der Waals surface area contributed by atoms with Crippen LogP contribution in [0.2, 0.25) is 5.02 Å². The van der Waals surface area contributed by atoms with Crippen molar-refractivity contribution in [1.82, 2.24) is 14.5 Å². The van der Waals surface area contributed by atoms with Crippen molar-refractivity contribution in [2.24, 2.45) is 0 Å². The zero-order chi connectivity index (χ0) is 21.3. The number of pyridine rings is 1. The van der Waals surface area contributed by atoms with Crippen LogP contribution in [0.15, 0.2) is 65.6 Å². The van der Waals surface area contributed by atoms with Crippen molar-refractivity contribution in [2.75, 3.05) is 5.32 Å². The fraction of sp³-hybridized carbons (Fsp3) is 0.208. The van der Waals surface area contributed by atoms with E-state index in [1.165, 1.54) is 0 Å². The van der Waals surface area contributed by atoms with Gasteiger partial charge in [-0.15, -0.1) is 0 Å². The van der Waals surface area contributed by atoms with Crippen molar-refractivity contribution in [1.29, 1.82) is 0 Å². The maximum Gasteiger partial charge on any atom is 0.264 e. The lowest BCUT2D eigenvalue weighted by Gasteiger charge is -2.22. The van der Waals surface area contributed by atoms with Gasteiger partial charge < -0.3 is 5.32 Å². The van der Waals surface area contributed by atoms with Crippen molar-refractivity contribution < 1.29 is 0 Å². The summed E-state index contributed by atoms with van der Waals surface area (Å²) in [4.78, 5) is 22.5. The first-order valence-electron chi connectivity index (χ1n) is 9.98. The molecule has 0 saturated heterocycles. The molecule has 1 atom stereocenters. The average molecular weight is 419 g/mol. The van der Waals surface area contributed by atoms with E-state index in [0.29, 0.717) is 10.4 Å². The minimum atomic E-state index is -0.181. The Balaban J connectivity index is 1.90. The van der Waals surface area contributed by atoms with E-state index in [-0.39, 0.29) is 11.6 Å². The number of para-hydroxylation sites is 1.